The third-order valence-corrected chi connectivity index (χ3v) is 4.88. The van der Waals surface area contributed by atoms with E-state index in [2.05, 4.69) is 4.74 Å². The van der Waals surface area contributed by atoms with E-state index < -0.39 is 16.7 Å². The van der Waals surface area contributed by atoms with Gasteiger partial charge in [-0.1, -0.05) is 12.8 Å². The van der Waals surface area contributed by atoms with Crippen LogP contribution in [0.1, 0.15) is 36.0 Å². The molecule has 0 bridgehead atoms. The van der Waals surface area contributed by atoms with Crippen LogP contribution in [0.5, 0.6) is 0 Å². The van der Waals surface area contributed by atoms with Crippen molar-refractivity contribution < 1.29 is 18.8 Å². The van der Waals surface area contributed by atoms with Crippen molar-refractivity contribution in [3.05, 3.63) is 33.6 Å². The Bertz CT molecular complexity index is 558. The van der Waals surface area contributed by atoms with E-state index in [9.17, 15) is 19.3 Å². The molecule has 0 amide bonds. The Morgan fingerprint density at radius 1 is 1.48 bits per heavy atom. The highest BCUT2D eigenvalue weighted by Gasteiger charge is 2.24. The topological polar surface area (TPSA) is 69.4 Å². The maximum absolute atomic E-state index is 13.8. The molecule has 0 aromatic heterocycles. The van der Waals surface area contributed by atoms with Crippen LogP contribution >= 0.6 is 11.8 Å². The molecule has 1 saturated carbocycles. The number of benzene rings is 1. The molecule has 0 heterocycles. The number of nitro groups is 1. The van der Waals surface area contributed by atoms with Crippen LogP contribution in [-0.2, 0) is 4.74 Å². The van der Waals surface area contributed by atoms with Crippen LogP contribution in [0.4, 0.5) is 10.1 Å². The zero-order valence-electron chi connectivity index (χ0n) is 11.6. The SMILES string of the molecule is COC(=O)c1cc(SCC2CCCC2)c([N+](=O)[O-])cc1F. The number of rotatable bonds is 5. The van der Waals surface area contributed by atoms with Gasteiger partial charge in [-0.2, -0.15) is 0 Å². The van der Waals surface area contributed by atoms with E-state index in [-0.39, 0.29) is 11.3 Å². The van der Waals surface area contributed by atoms with Gasteiger partial charge in [-0.25, -0.2) is 9.18 Å². The van der Waals surface area contributed by atoms with E-state index in [1.807, 2.05) is 0 Å². The first kappa shape index (κ1) is 15.8. The molecule has 2 rings (SSSR count). The first-order valence-electron chi connectivity index (χ1n) is 6.72. The minimum Gasteiger partial charge on any atom is -0.465 e. The summed E-state index contributed by atoms with van der Waals surface area (Å²) >= 11 is 1.31. The summed E-state index contributed by atoms with van der Waals surface area (Å²) in [4.78, 5) is 22.2. The molecule has 0 radical (unpaired) electrons. The van der Waals surface area contributed by atoms with Gasteiger partial charge in [-0.05, 0) is 24.8 Å². The first-order chi connectivity index (χ1) is 10.0. The van der Waals surface area contributed by atoms with E-state index >= 15 is 0 Å². The Kier molecular flexibility index (Phi) is 5.17. The number of hydrogen-bond donors (Lipinski definition) is 0. The lowest BCUT2D eigenvalue weighted by atomic mass is 10.1. The number of halogens is 1. The highest BCUT2D eigenvalue weighted by atomic mass is 32.2. The molecule has 21 heavy (non-hydrogen) atoms. The van der Waals surface area contributed by atoms with Crippen molar-refractivity contribution in [3.63, 3.8) is 0 Å². The second-order valence-corrected chi connectivity index (χ2v) is 6.07. The second kappa shape index (κ2) is 6.89. The molecule has 1 aromatic carbocycles. The zero-order chi connectivity index (χ0) is 15.4. The Labute approximate surface area is 126 Å². The summed E-state index contributed by atoms with van der Waals surface area (Å²) < 4.78 is 18.2. The quantitative estimate of drug-likeness (QED) is 0.358. The van der Waals surface area contributed by atoms with Crippen LogP contribution in [0.3, 0.4) is 0 Å². The smallest absolute Gasteiger partial charge is 0.340 e. The highest BCUT2D eigenvalue weighted by Crippen LogP contribution is 2.36. The van der Waals surface area contributed by atoms with E-state index in [0.29, 0.717) is 10.8 Å². The first-order valence-corrected chi connectivity index (χ1v) is 7.70. The molecule has 0 saturated heterocycles. The molecule has 5 nitrogen and oxygen atoms in total. The van der Waals surface area contributed by atoms with Gasteiger partial charge in [0.1, 0.15) is 5.82 Å². The third-order valence-electron chi connectivity index (χ3n) is 3.60. The normalized spacial score (nSPS) is 15.1. The van der Waals surface area contributed by atoms with Crippen molar-refractivity contribution in [1.29, 1.82) is 0 Å². The van der Waals surface area contributed by atoms with Gasteiger partial charge in [0.2, 0.25) is 0 Å². The van der Waals surface area contributed by atoms with Crippen LogP contribution in [0.2, 0.25) is 0 Å². The van der Waals surface area contributed by atoms with Crippen LogP contribution < -0.4 is 0 Å². The zero-order valence-corrected chi connectivity index (χ0v) is 12.5. The molecule has 114 valence electrons. The van der Waals surface area contributed by atoms with Crippen molar-refractivity contribution in [1.82, 2.24) is 0 Å². The average Bonchev–Trinajstić information content (AvgIpc) is 2.98. The van der Waals surface area contributed by atoms with Gasteiger partial charge in [-0.15, -0.1) is 11.8 Å². The molecule has 0 aliphatic heterocycles. The van der Waals surface area contributed by atoms with Crippen LogP contribution in [-0.4, -0.2) is 23.8 Å². The van der Waals surface area contributed by atoms with Crippen molar-refractivity contribution in [2.24, 2.45) is 5.92 Å². The van der Waals surface area contributed by atoms with E-state index in [4.69, 9.17) is 0 Å². The lowest BCUT2D eigenvalue weighted by Gasteiger charge is -2.10. The molecular formula is C14H16FNO4S. The predicted molar refractivity (Wildman–Crippen MR) is 77.1 cm³/mol. The second-order valence-electron chi connectivity index (χ2n) is 5.01. The molecule has 0 unspecified atom stereocenters. The molecule has 0 spiro atoms. The Morgan fingerprint density at radius 3 is 2.71 bits per heavy atom. The number of nitrogens with zero attached hydrogens (tertiary/aromatic N) is 1. The lowest BCUT2D eigenvalue weighted by molar-refractivity contribution is -0.387. The summed E-state index contributed by atoms with van der Waals surface area (Å²) in [6.07, 6.45) is 4.60. The van der Waals surface area contributed by atoms with Crippen molar-refractivity contribution >= 4 is 23.4 Å². The third kappa shape index (κ3) is 3.72. The summed E-state index contributed by atoms with van der Waals surface area (Å²) in [6.45, 7) is 0. The van der Waals surface area contributed by atoms with E-state index in [1.165, 1.54) is 30.7 Å². The number of ether oxygens (including phenoxy) is 1. The van der Waals surface area contributed by atoms with E-state index in [0.717, 1.165) is 31.8 Å². The molecule has 0 N–H and O–H groups in total. The molecule has 1 aliphatic carbocycles. The fourth-order valence-electron chi connectivity index (χ4n) is 2.45. The summed E-state index contributed by atoms with van der Waals surface area (Å²) in [5.74, 6) is -0.488. The maximum atomic E-state index is 13.8. The summed E-state index contributed by atoms with van der Waals surface area (Å²) in [7, 11) is 1.15. The number of carbonyl (C=O) groups is 1. The molecule has 1 fully saturated rings. The standard InChI is InChI=1S/C14H16FNO4S/c1-20-14(17)10-6-13(12(16(18)19)7-11(10)15)21-8-9-4-2-3-5-9/h6-7,9H,2-5,8H2,1H3. The number of carbonyl (C=O) groups excluding carboxylic acids is 1. The molecule has 1 aromatic rings. The summed E-state index contributed by atoms with van der Waals surface area (Å²) in [5, 5.41) is 11.0. The van der Waals surface area contributed by atoms with Crippen molar-refractivity contribution in [3.8, 4) is 0 Å². The summed E-state index contributed by atoms with van der Waals surface area (Å²) in [5.41, 5.74) is -0.569. The fraction of sp³-hybridized carbons (Fsp3) is 0.500. The minimum atomic E-state index is -0.932. The maximum Gasteiger partial charge on any atom is 0.340 e. The van der Waals surface area contributed by atoms with Gasteiger partial charge in [0.05, 0.1) is 28.6 Å². The lowest BCUT2D eigenvalue weighted by Crippen LogP contribution is -2.06. The van der Waals surface area contributed by atoms with Gasteiger partial charge in [0.15, 0.2) is 0 Å². The molecular weight excluding hydrogens is 297 g/mol. The van der Waals surface area contributed by atoms with Crippen LogP contribution in [0.15, 0.2) is 17.0 Å². The Balaban J connectivity index is 2.26. The number of hydrogen-bond acceptors (Lipinski definition) is 5. The van der Waals surface area contributed by atoms with Gasteiger partial charge >= 0.3 is 5.97 Å². The Morgan fingerprint density at radius 2 is 2.14 bits per heavy atom. The number of esters is 1. The van der Waals surface area contributed by atoms with Gasteiger partial charge in [0.25, 0.3) is 5.69 Å². The Hall–Kier alpha value is -1.63. The number of thioether (sulfide) groups is 1. The van der Waals surface area contributed by atoms with Gasteiger partial charge in [-0.3, -0.25) is 10.1 Å². The van der Waals surface area contributed by atoms with Crippen LogP contribution in [0, 0.1) is 21.8 Å². The number of nitro benzene ring substituents is 1. The fourth-order valence-corrected chi connectivity index (χ4v) is 3.68. The van der Waals surface area contributed by atoms with Gasteiger partial charge in [0, 0.05) is 5.75 Å². The number of methoxy groups -OCH3 is 1. The largest absolute Gasteiger partial charge is 0.465 e. The van der Waals surface area contributed by atoms with Crippen molar-refractivity contribution in [2.45, 2.75) is 30.6 Å². The summed E-state index contributed by atoms with van der Waals surface area (Å²) in [6, 6.07) is 2.02. The molecule has 7 heteroatoms. The minimum absolute atomic E-state index is 0.267. The molecule has 1 aliphatic rings. The predicted octanol–water partition coefficient (Wildman–Crippen LogP) is 3.80. The molecule has 0 atom stereocenters. The van der Waals surface area contributed by atoms with E-state index in [1.54, 1.807) is 0 Å². The highest BCUT2D eigenvalue weighted by molar-refractivity contribution is 7.99. The van der Waals surface area contributed by atoms with Crippen LogP contribution in [0.25, 0.3) is 0 Å². The average molecular weight is 313 g/mol. The van der Waals surface area contributed by atoms with Gasteiger partial charge < -0.3 is 4.74 Å². The van der Waals surface area contributed by atoms with Crippen molar-refractivity contribution in [2.75, 3.05) is 12.9 Å². The monoisotopic (exact) mass is 313 g/mol.